The lowest BCUT2D eigenvalue weighted by atomic mass is 10.00. The number of aromatic nitrogens is 1. The van der Waals surface area contributed by atoms with Crippen molar-refractivity contribution >= 4 is 15.8 Å². The Bertz CT molecular complexity index is 510. The zero-order valence-electron chi connectivity index (χ0n) is 9.99. The molecular formula is C11H17N3O3S. The summed E-state index contributed by atoms with van der Waals surface area (Å²) in [6, 6.07) is 2.82. The third kappa shape index (κ3) is 2.63. The molecule has 0 unspecified atom stereocenters. The van der Waals surface area contributed by atoms with Crippen LogP contribution in [-0.4, -0.2) is 42.5 Å². The van der Waals surface area contributed by atoms with Gasteiger partial charge in [-0.3, -0.25) is 0 Å². The Morgan fingerprint density at radius 2 is 2.11 bits per heavy atom. The van der Waals surface area contributed by atoms with Crippen LogP contribution in [0.2, 0.25) is 0 Å². The van der Waals surface area contributed by atoms with E-state index in [2.05, 4.69) is 4.98 Å². The highest BCUT2D eigenvalue weighted by Gasteiger charge is 2.29. The molecule has 0 aliphatic carbocycles. The van der Waals surface area contributed by atoms with Crippen molar-refractivity contribution in [2.24, 2.45) is 5.92 Å². The lowest BCUT2D eigenvalue weighted by Gasteiger charge is -2.30. The van der Waals surface area contributed by atoms with Crippen LogP contribution < -0.4 is 5.73 Å². The molecule has 1 aliphatic rings. The second-order valence-electron chi connectivity index (χ2n) is 4.45. The number of pyridine rings is 1. The van der Waals surface area contributed by atoms with E-state index in [0.717, 1.165) is 0 Å². The number of sulfonamides is 1. The number of nitrogens with two attached hydrogens (primary N) is 1. The van der Waals surface area contributed by atoms with Crippen molar-refractivity contribution in [2.45, 2.75) is 17.7 Å². The normalized spacial score (nSPS) is 18.9. The Morgan fingerprint density at radius 1 is 1.44 bits per heavy atom. The number of piperidine rings is 1. The second kappa shape index (κ2) is 5.21. The topological polar surface area (TPSA) is 96.5 Å². The van der Waals surface area contributed by atoms with Crippen molar-refractivity contribution in [2.75, 3.05) is 25.4 Å². The lowest BCUT2D eigenvalue weighted by molar-refractivity contribution is 0.170. The van der Waals surface area contributed by atoms with Gasteiger partial charge in [0.1, 0.15) is 5.82 Å². The van der Waals surface area contributed by atoms with Gasteiger partial charge in [-0.25, -0.2) is 13.4 Å². The zero-order valence-corrected chi connectivity index (χ0v) is 10.8. The van der Waals surface area contributed by atoms with Gasteiger partial charge in [-0.2, -0.15) is 4.31 Å². The Labute approximate surface area is 106 Å². The van der Waals surface area contributed by atoms with Crippen LogP contribution in [0.4, 0.5) is 5.82 Å². The van der Waals surface area contributed by atoms with Gasteiger partial charge in [0.15, 0.2) is 0 Å². The molecule has 1 aromatic rings. The Balaban J connectivity index is 2.17. The molecule has 3 N–H and O–H groups in total. The summed E-state index contributed by atoms with van der Waals surface area (Å²) in [4.78, 5) is 3.96. The van der Waals surface area contributed by atoms with E-state index in [1.54, 1.807) is 0 Å². The molecule has 0 radical (unpaired) electrons. The fourth-order valence-electron chi connectivity index (χ4n) is 2.07. The summed E-state index contributed by atoms with van der Waals surface area (Å²) >= 11 is 0. The Kier molecular flexibility index (Phi) is 3.84. The third-order valence-electron chi connectivity index (χ3n) is 3.22. The van der Waals surface area contributed by atoms with Crippen LogP contribution in [0.1, 0.15) is 12.8 Å². The number of anilines is 1. The molecule has 1 aliphatic heterocycles. The summed E-state index contributed by atoms with van der Waals surface area (Å²) in [5, 5.41) is 9.04. The number of aliphatic hydroxyl groups excluding tert-OH is 1. The molecule has 0 atom stereocenters. The van der Waals surface area contributed by atoms with Gasteiger partial charge in [-0.1, -0.05) is 0 Å². The first-order chi connectivity index (χ1) is 8.54. The molecule has 2 heterocycles. The van der Waals surface area contributed by atoms with Crippen LogP contribution in [0.15, 0.2) is 23.2 Å². The first-order valence-corrected chi connectivity index (χ1v) is 7.30. The molecule has 0 aromatic carbocycles. The second-order valence-corrected chi connectivity index (χ2v) is 6.38. The largest absolute Gasteiger partial charge is 0.396 e. The number of hydrogen-bond donors (Lipinski definition) is 2. The van der Waals surface area contributed by atoms with E-state index in [1.165, 1.54) is 22.6 Å². The SMILES string of the molecule is Nc1cc(S(=O)(=O)N2CCC(CO)CC2)ccn1. The predicted molar refractivity (Wildman–Crippen MR) is 67.2 cm³/mol. The smallest absolute Gasteiger partial charge is 0.243 e. The molecule has 1 fully saturated rings. The molecule has 100 valence electrons. The van der Waals surface area contributed by atoms with Gasteiger partial charge in [-0.05, 0) is 24.8 Å². The summed E-state index contributed by atoms with van der Waals surface area (Å²) in [5.41, 5.74) is 5.50. The Hall–Kier alpha value is -1.18. The number of rotatable bonds is 3. The minimum absolute atomic E-state index is 0.121. The average molecular weight is 271 g/mol. The third-order valence-corrected chi connectivity index (χ3v) is 5.12. The molecule has 0 bridgehead atoms. The molecule has 2 rings (SSSR count). The van der Waals surface area contributed by atoms with Crippen LogP contribution in [0.3, 0.4) is 0 Å². The summed E-state index contributed by atoms with van der Waals surface area (Å²) in [7, 11) is -3.48. The summed E-state index contributed by atoms with van der Waals surface area (Å²) in [5.74, 6) is 0.403. The van der Waals surface area contributed by atoms with E-state index in [4.69, 9.17) is 10.8 Å². The molecular weight excluding hydrogens is 254 g/mol. The first kappa shape index (κ1) is 13.3. The lowest BCUT2D eigenvalue weighted by Crippen LogP contribution is -2.39. The fourth-order valence-corrected chi connectivity index (χ4v) is 3.56. The summed E-state index contributed by atoms with van der Waals surface area (Å²) in [6.07, 6.45) is 2.77. The van der Waals surface area contributed by atoms with Gasteiger partial charge in [0, 0.05) is 32.0 Å². The van der Waals surface area contributed by atoms with Gasteiger partial charge in [0.25, 0.3) is 0 Å². The zero-order chi connectivity index (χ0) is 13.2. The van der Waals surface area contributed by atoms with Gasteiger partial charge < -0.3 is 10.8 Å². The van der Waals surface area contributed by atoms with Crippen molar-refractivity contribution < 1.29 is 13.5 Å². The highest BCUT2D eigenvalue weighted by Crippen LogP contribution is 2.23. The molecule has 18 heavy (non-hydrogen) atoms. The van der Waals surface area contributed by atoms with E-state index >= 15 is 0 Å². The summed E-state index contributed by atoms with van der Waals surface area (Å²) in [6.45, 7) is 1.00. The minimum atomic E-state index is -3.48. The number of hydrogen-bond acceptors (Lipinski definition) is 5. The van der Waals surface area contributed by atoms with Crippen LogP contribution in [0.25, 0.3) is 0 Å². The van der Waals surface area contributed by atoms with Crippen molar-refractivity contribution in [3.63, 3.8) is 0 Å². The van der Waals surface area contributed by atoms with Crippen molar-refractivity contribution in [3.8, 4) is 0 Å². The van der Waals surface area contributed by atoms with E-state index in [9.17, 15) is 8.42 Å². The highest BCUT2D eigenvalue weighted by atomic mass is 32.2. The minimum Gasteiger partial charge on any atom is -0.396 e. The standard InChI is InChI=1S/C11H17N3O3S/c12-11-7-10(1-4-13-11)18(16,17)14-5-2-9(8-15)3-6-14/h1,4,7,9,15H,2-3,5-6,8H2,(H2,12,13). The van der Waals surface area contributed by atoms with Crippen LogP contribution in [0.5, 0.6) is 0 Å². The Morgan fingerprint density at radius 3 is 2.67 bits per heavy atom. The number of nitrogens with zero attached hydrogens (tertiary/aromatic N) is 2. The fraction of sp³-hybridized carbons (Fsp3) is 0.545. The average Bonchev–Trinajstić information content (AvgIpc) is 2.39. The molecule has 7 heteroatoms. The van der Waals surface area contributed by atoms with E-state index in [-0.39, 0.29) is 23.2 Å². The van der Waals surface area contributed by atoms with Gasteiger partial charge in [0.2, 0.25) is 10.0 Å². The number of aliphatic hydroxyl groups is 1. The monoisotopic (exact) mass is 271 g/mol. The molecule has 1 aromatic heterocycles. The maximum absolute atomic E-state index is 12.3. The van der Waals surface area contributed by atoms with Crippen LogP contribution in [-0.2, 0) is 10.0 Å². The van der Waals surface area contributed by atoms with E-state index < -0.39 is 10.0 Å². The molecule has 0 saturated carbocycles. The van der Waals surface area contributed by atoms with Gasteiger partial charge >= 0.3 is 0 Å². The van der Waals surface area contributed by atoms with Gasteiger partial charge in [-0.15, -0.1) is 0 Å². The van der Waals surface area contributed by atoms with Crippen molar-refractivity contribution in [3.05, 3.63) is 18.3 Å². The van der Waals surface area contributed by atoms with Crippen LogP contribution in [0, 0.1) is 5.92 Å². The molecule has 0 amide bonds. The van der Waals surface area contributed by atoms with Gasteiger partial charge in [0.05, 0.1) is 4.90 Å². The number of nitrogen functional groups attached to an aromatic ring is 1. The first-order valence-electron chi connectivity index (χ1n) is 5.86. The molecule has 0 spiro atoms. The van der Waals surface area contributed by atoms with Crippen LogP contribution >= 0.6 is 0 Å². The van der Waals surface area contributed by atoms with E-state index in [1.807, 2.05) is 0 Å². The highest BCUT2D eigenvalue weighted by molar-refractivity contribution is 7.89. The maximum Gasteiger partial charge on any atom is 0.243 e. The molecule has 6 nitrogen and oxygen atoms in total. The maximum atomic E-state index is 12.3. The quantitative estimate of drug-likeness (QED) is 0.810. The van der Waals surface area contributed by atoms with Crippen molar-refractivity contribution in [1.82, 2.24) is 9.29 Å². The summed E-state index contributed by atoms with van der Waals surface area (Å²) < 4.78 is 26.1. The molecule has 1 saturated heterocycles. The predicted octanol–water partition coefficient (Wildman–Crippen LogP) is 0.0568. The van der Waals surface area contributed by atoms with E-state index in [0.29, 0.717) is 25.9 Å². The van der Waals surface area contributed by atoms with Crippen molar-refractivity contribution in [1.29, 1.82) is 0 Å².